The number of hydrogen-bond donors (Lipinski definition) is 1. The lowest BCUT2D eigenvalue weighted by Gasteiger charge is -2.39. The number of piperidine rings is 1. The van der Waals surface area contributed by atoms with E-state index in [9.17, 15) is 4.79 Å². The zero-order chi connectivity index (χ0) is 11.1. The Labute approximate surface area is 101 Å². The predicted molar refractivity (Wildman–Crippen MR) is 66.3 cm³/mol. The maximum Gasteiger partial charge on any atom is 0.236 e. The van der Waals surface area contributed by atoms with Crippen molar-refractivity contribution in [2.45, 2.75) is 61.9 Å². The maximum atomic E-state index is 12.4. The van der Waals surface area contributed by atoms with E-state index < -0.39 is 0 Å². The molecule has 3 saturated heterocycles. The molecule has 0 aromatic carbocycles. The number of carbonyl (C=O) groups is 1. The van der Waals surface area contributed by atoms with Gasteiger partial charge in [0.25, 0.3) is 0 Å². The van der Waals surface area contributed by atoms with Crippen molar-refractivity contribution in [3.8, 4) is 0 Å². The highest BCUT2D eigenvalue weighted by molar-refractivity contribution is 8.00. The summed E-state index contributed by atoms with van der Waals surface area (Å²) in [5, 5.41) is 0.262. The smallest absolute Gasteiger partial charge is 0.236 e. The van der Waals surface area contributed by atoms with Gasteiger partial charge in [-0.05, 0) is 44.3 Å². The maximum absolute atomic E-state index is 12.4. The van der Waals surface area contributed by atoms with Crippen LogP contribution >= 0.6 is 11.8 Å². The highest BCUT2D eigenvalue weighted by atomic mass is 32.2. The monoisotopic (exact) mass is 240 g/mol. The lowest BCUT2D eigenvalue weighted by Crippen LogP contribution is -2.52. The van der Waals surface area contributed by atoms with Crippen LogP contribution in [-0.2, 0) is 4.79 Å². The van der Waals surface area contributed by atoms with Gasteiger partial charge in [-0.15, -0.1) is 11.8 Å². The highest BCUT2D eigenvalue weighted by Gasteiger charge is 2.44. The summed E-state index contributed by atoms with van der Waals surface area (Å²) in [5.74, 6) is 1.58. The van der Waals surface area contributed by atoms with Crippen molar-refractivity contribution < 1.29 is 4.79 Å². The van der Waals surface area contributed by atoms with Gasteiger partial charge in [0, 0.05) is 18.1 Å². The molecule has 3 nitrogen and oxygen atoms in total. The third-order valence-electron chi connectivity index (χ3n) is 4.23. The van der Waals surface area contributed by atoms with Crippen LogP contribution in [0.25, 0.3) is 0 Å². The Bertz CT molecular complexity index is 277. The Morgan fingerprint density at radius 1 is 1.19 bits per heavy atom. The van der Waals surface area contributed by atoms with Gasteiger partial charge >= 0.3 is 0 Å². The van der Waals surface area contributed by atoms with Gasteiger partial charge in [0.15, 0.2) is 0 Å². The van der Waals surface area contributed by atoms with Crippen molar-refractivity contribution in [1.82, 2.24) is 4.90 Å². The predicted octanol–water partition coefficient (Wildman–Crippen LogP) is 1.36. The molecule has 1 amide bonds. The van der Waals surface area contributed by atoms with E-state index in [2.05, 4.69) is 4.90 Å². The number of hydrogen-bond acceptors (Lipinski definition) is 3. The van der Waals surface area contributed by atoms with Crippen molar-refractivity contribution >= 4 is 17.7 Å². The number of carbonyl (C=O) groups excluding carboxylic acids is 1. The van der Waals surface area contributed by atoms with Gasteiger partial charge in [0.2, 0.25) is 5.91 Å². The zero-order valence-electron chi connectivity index (χ0n) is 9.60. The molecule has 3 unspecified atom stereocenters. The standard InChI is InChI=1S/C12H20N2OS/c13-8-6-9-3-4-10(7-8)14(9)12(15)11-2-1-5-16-11/h8-11H,1-7,13H2. The van der Waals surface area contributed by atoms with Crippen LogP contribution in [0.5, 0.6) is 0 Å². The number of fused-ring (bicyclic) bond motifs is 2. The lowest BCUT2D eigenvalue weighted by molar-refractivity contribution is -0.135. The normalized spacial score (nSPS) is 42.7. The van der Waals surface area contributed by atoms with Crippen molar-refractivity contribution in [3.05, 3.63) is 0 Å². The average molecular weight is 240 g/mol. The fraction of sp³-hybridized carbons (Fsp3) is 0.917. The van der Waals surface area contributed by atoms with Crippen LogP contribution in [0.15, 0.2) is 0 Å². The van der Waals surface area contributed by atoms with Crippen LogP contribution in [0.3, 0.4) is 0 Å². The van der Waals surface area contributed by atoms with Gasteiger partial charge in [0.05, 0.1) is 5.25 Å². The van der Waals surface area contributed by atoms with Crippen LogP contribution in [0.4, 0.5) is 0 Å². The molecule has 3 aliphatic heterocycles. The number of thioether (sulfide) groups is 1. The Balaban J connectivity index is 1.72. The molecule has 2 N–H and O–H groups in total. The fourth-order valence-corrected chi connectivity index (χ4v) is 4.73. The Kier molecular flexibility index (Phi) is 2.88. The van der Waals surface area contributed by atoms with Gasteiger partial charge in [-0.25, -0.2) is 0 Å². The first-order chi connectivity index (χ1) is 7.75. The summed E-state index contributed by atoms with van der Waals surface area (Å²) in [5.41, 5.74) is 6.03. The molecular weight excluding hydrogens is 220 g/mol. The average Bonchev–Trinajstić information content (AvgIpc) is 2.85. The number of amides is 1. The van der Waals surface area contributed by atoms with Crippen LogP contribution in [0.1, 0.15) is 38.5 Å². The first-order valence-electron chi connectivity index (χ1n) is 6.45. The van der Waals surface area contributed by atoms with Gasteiger partial charge < -0.3 is 10.6 Å². The van der Waals surface area contributed by atoms with E-state index >= 15 is 0 Å². The Hall–Kier alpha value is -0.220. The second-order valence-corrected chi connectivity index (χ2v) is 6.67. The van der Waals surface area contributed by atoms with Crippen molar-refractivity contribution in [2.24, 2.45) is 5.73 Å². The second-order valence-electron chi connectivity index (χ2n) is 5.36. The number of nitrogens with zero attached hydrogens (tertiary/aromatic N) is 1. The van der Waals surface area contributed by atoms with Gasteiger partial charge in [-0.1, -0.05) is 0 Å². The van der Waals surface area contributed by atoms with Gasteiger partial charge in [-0.3, -0.25) is 4.79 Å². The molecule has 0 aromatic heterocycles. The van der Waals surface area contributed by atoms with Crippen LogP contribution < -0.4 is 5.73 Å². The van der Waals surface area contributed by atoms with Crippen molar-refractivity contribution in [2.75, 3.05) is 5.75 Å². The quantitative estimate of drug-likeness (QED) is 0.753. The third-order valence-corrected chi connectivity index (χ3v) is 5.59. The summed E-state index contributed by atoms with van der Waals surface area (Å²) >= 11 is 1.85. The highest BCUT2D eigenvalue weighted by Crippen LogP contribution is 2.38. The molecule has 3 fully saturated rings. The minimum Gasteiger partial charge on any atom is -0.336 e. The molecule has 3 rings (SSSR count). The Morgan fingerprint density at radius 3 is 2.44 bits per heavy atom. The van der Waals surface area contributed by atoms with Gasteiger partial charge in [-0.2, -0.15) is 0 Å². The summed E-state index contributed by atoms with van der Waals surface area (Å²) in [6.45, 7) is 0. The molecule has 16 heavy (non-hydrogen) atoms. The van der Waals surface area contributed by atoms with E-state index in [1.165, 1.54) is 25.0 Å². The minimum absolute atomic E-state index is 0.262. The molecule has 0 aliphatic carbocycles. The van der Waals surface area contributed by atoms with Gasteiger partial charge in [0.1, 0.15) is 0 Å². The Morgan fingerprint density at radius 2 is 1.88 bits per heavy atom. The van der Waals surface area contributed by atoms with E-state index in [4.69, 9.17) is 5.73 Å². The second kappa shape index (κ2) is 4.22. The SMILES string of the molecule is NC1CC2CCC(C1)N2C(=O)C1CCCS1. The lowest BCUT2D eigenvalue weighted by atomic mass is 9.97. The first kappa shape index (κ1) is 10.9. The molecule has 3 aliphatic rings. The van der Waals surface area contributed by atoms with Crippen molar-refractivity contribution in [3.63, 3.8) is 0 Å². The summed E-state index contributed by atoms with van der Waals surface area (Å²) in [6, 6.07) is 1.25. The van der Waals surface area contributed by atoms with E-state index in [0.29, 0.717) is 24.0 Å². The van der Waals surface area contributed by atoms with Crippen LogP contribution in [0.2, 0.25) is 0 Å². The summed E-state index contributed by atoms with van der Waals surface area (Å²) in [7, 11) is 0. The topological polar surface area (TPSA) is 46.3 Å². The first-order valence-corrected chi connectivity index (χ1v) is 7.50. The molecule has 3 atom stereocenters. The van der Waals surface area contributed by atoms with Crippen molar-refractivity contribution in [1.29, 1.82) is 0 Å². The number of rotatable bonds is 1. The summed E-state index contributed by atoms with van der Waals surface area (Å²) in [6.07, 6.45) is 6.72. The van der Waals surface area contributed by atoms with E-state index in [1.807, 2.05) is 11.8 Å². The molecule has 90 valence electrons. The summed E-state index contributed by atoms with van der Waals surface area (Å²) in [4.78, 5) is 14.6. The van der Waals surface area contributed by atoms with E-state index in [0.717, 1.165) is 19.3 Å². The zero-order valence-corrected chi connectivity index (χ0v) is 10.4. The van der Waals surface area contributed by atoms with E-state index in [1.54, 1.807) is 0 Å². The van der Waals surface area contributed by atoms with Crippen LogP contribution in [-0.4, -0.2) is 39.9 Å². The molecule has 0 spiro atoms. The summed E-state index contributed by atoms with van der Waals surface area (Å²) < 4.78 is 0. The molecular formula is C12H20N2OS. The molecule has 3 heterocycles. The largest absolute Gasteiger partial charge is 0.336 e. The fourth-order valence-electron chi connectivity index (χ4n) is 3.52. The third kappa shape index (κ3) is 1.76. The molecule has 2 bridgehead atoms. The minimum atomic E-state index is 0.262. The molecule has 0 radical (unpaired) electrons. The van der Waals surface area contributed by atoms with E-state index in [-0.39, 0.29) is 5.25 Å². The molecule has 4 heteroatoms. The van der Waals surface area contributed by atoms with Crippen LogP contribution in [0, 0.1) is 0 Å². The molecule has 0 saturated carbocycles. The molecule has 0 aromatic rings. The number of nitrogens with two attached hydrogens (primary N) is 1.